The van der Waals surface area contributed by atoms with E-state index in [1.165, 1.54) is 16.4 Å². The van der Waals surface area contributed by atoms with Crippen molar-refractivity contribution < 1.29 is 13.7 Å². The molecule has 0 amide bonds. The Hall–Kier alpha value is -5.29. The molecule has 0 atom stereocenters. The fourth-order valence-corrected chi connectivity index (χ4v) is 7.71. The molecule has 0 saturated heterocycles. The lowest BCUT2D eigenvalue weighted by molar-refractivity contribution is -0.674. The van der Waals surface area contributed by atoms with Crippen LogP contribution in [-0.4, -0.2) is 12.7 Å². The van der Waals surface area contributed by atoms with E-state index in [1.807, 2.05) is 36.4 Å². The molecule has 0 fully saturated rings. The Labute approximate surface area is 291 Å². The van der Waals surface area contributed by atoms with Crippen molar-refractivity contribution in [3.63, 3.8) is 0 Å². The van der Waals surface area contributed by atoms with Crippen molar-refractivity contribution in [3.8, 4) is 5.75 Å². The quantitative estimate of drug-likeness (QED) is 0.128. The number of fused-ring (bicyclic) bond motifs is 2. The summed E-state index contributed by atoms with van der Waals surface area (Å²) >= 11 is 0. The van der Waals surface area contributed by atoms with Gasteiger partial charge in [0.2, 0.25) is 11.5 Å². The Morgan fingerprint density at radius 2 is 1.20 bits per heavy atom. The van der Waals surface area contributed by atoms with Crippen LogP contribution in [0.5, 0.6) is 5.75 Å². The molecule has 1 aromatic heterocycles. The monoisotopic (exact) mass is 646 g/mol. The van der Waals surface area contributed by atoms with Crippen LogP contribution >= 0.6 is 0 Å². The van der Waals surface area contributed by atoms with Gasteiger partial charge in [-0.15, -0.1) is 5.31 Å². The van der Waals surface area contributed by atoms with Crippen LogP contribution in [0.15, 0.2) is 161 Å². The number of hydrogen-bond donors (Lipinski definition) is 0. The lowest BCUT2D eigenvalue weighted by atomic mass is 9.07. The van der Waals surface area contributed by atoms with E-state index in [2.05, 4.69) is 166 Å². The number of allylic oxidation sites excluding steroid dienone is 2. The Morgan fingerprint density at radius 3 is 1.73 bits per heavy atom. The number of nitrogens with zero attached hydrogens (tertiary/aromatic N) is 2. The highest BCUT2D eigenvalue weighted by molar-refractivity contribution is 7.13. The average molecular weight is 647 g/mol. The zero-order valence-corrected chi connectivity index (χ0v) is 29.6. The maximum atomic E-state index is 6.04. The summed E-state index contributed by atoms with van der Waals surface area (Å²) in [5.74, 6) is 2.60. The molecule has 7 rings (SSSR count). The third-order valence-electron chi connectivity index (χ3n) is 9.81. The largest absolute Gasteiger partial charge is 0.439 e. The van der Waals surface area contributed by atoms with E-state index < -0.39 is 6.15 Å². The summed E-state index contributed by atoms with van der Waals surface area (Å²) in [5, 5.41) is 0.0874. The molecule has 49 heavy (non-hydrogen) atoms. The first-order valence-corrected chi connectivity index (χ1v) is 17.5. The van der Waals surface area contributed by atoms with Gasteiger partial charge in [-0.2, -0.15) is 21.0 Å². The number of benzene rings is 5. The molecule has 0 bridgehead atoms. The van der Waals surface area contributed by atoms with Crippen molar-refractivity contribution in [1.82, 2.24) is 0 Å². The van der Waals surface area contributed by atoms with Crippen LogP contribution in [0.25, 0.3) is 17.2 Å². The first-order valence-electron chi connectivity index (χ1n) is 17.5. The predicted octanol–water partition coefficient (Wildman–Crippen LogP) is 8.86. The van der Waals surface area contributed by atoms with Crippen molar-refractivity contribution in [3.05, 3.63) is 163 Å². The summed E-state index contributed by atoms with van der Waals surface area (Å²) in [5.41, 5.74) is 8.41. The predicted molar refractivity (Wildman–Crippen MR) is 208 cm³/mol. The highest BCUT2D eigenvalue weighted by Gasteiger charge is 2.39. The van der Waals surface area contributed by atoms with Gasteiger partial charge in [0.25, 0.3) is 5.52 Å². The molecule has 5 aromatic carbocycles. The number of oxazole rings is 1. The minimum atomic E-state index is -1.06. The van der Waals surface area contributed by atoms with Crippen molar-refractivity contribution in [2.24, 2.45) is 0 Å². The molecule has 1 aliphatic rings. The van der Waals surface area contributed by atoms with Crippen molar-refractivity contribution in [2.45, 2.75) is 53.4 Å². The van der Waals surface area contributed by atoms with Crippen LogP contribution in [0.3, 0.4) is 0 Å². The van der Waals surface area contributed by atoms with Crippen molar-refractivity contribution in [2.75, 3.05) is 11.4 Å². The van der Waals surface area contributed by atoms with Crippen LogP contribution in [0.4, 0.5) is 5.69 Å². The smallest absolute Gasteiger partial charge is 0.374 e. The number of aromatic nitrogens is 1. The summed E-state index contributed by atoms with van der Waals surface area (Å²) < 4.78 is 14.3. The molecule has 6 aromatic rings. The maximum Gasteiger partial charge on any atom is 0.374 e. The van der Waals surface area contributed by atoms with Gasteiger partial charge in [0.1, 0.15) is 6.54 Å². The minimum Gasteiger partial charge on any atom is -0.439 e. The summed E-state index contributed by atoms with van der Waals surface area (Å²) in [4.78, 5) is 2.18. The highest BCUT2D eigenvalue weighted by Crippen LogP contribution is 2.39. The topological polar surface area (TPSA) is 29.5 Å². The van der Waals surface area contributed by atoms with Crippen molar-refractivity contribution >= 4 is 45.4 Å². The lowest BCUT2D eigenvalue weighted by Crippen LogP contribution is -2.72. The first kappa shape index (κ1) is 33.6. The molecule has 4 nitrogen and oxygen atoms in total. The lowest BCUT2D eigenvalue weighted by Gasteiger charge is -2.54. The molecular formula is C44H47BN2O2. The van der Waals surface area contributed by atoms with Gasteiger partial charge in [-0.1, -0.05) is 136 Å². The molecule has 0 spiro atoms. The van der Waals surface area contributed by atoms with Gasteiger partial charge in [-0.25, -0.2) is 0 Å². The number of aryl methyl sites for hydroxylation is 1. The van der Waals surface area contributed by atoms with Crippen LogP contribution in [0.2, 0.25) is 5.31 Å². The zero-order chi connectivity index (χ0) is 34.4. The summed E-state index contributed by atoms with van der Waals surface area (Å²) in [6, 6.07) is 49.2. The van der Waals surface area contributed by atoms with E-state index in [0.717, 1.165) is 53.0 Å². The van der Waals surface area contributed by atoms with Gasteiger partial charge in [0.15, 0.2) is 5.75 Å². The number of rotatable bonds is 7. The molecule has 0 unspecified atom stereocenters. The molecule has 0 radical (unpaired) electrons. The fraction of sp³-hybridized carbons (Fsp3) is 0.205. The number of hydrogen-bond acceptors (Lipinski definition) is 3. The second-order valence-corrected chi connectivity index (χ2v) is 13.8. The van der Waals surface area contributed by atoms with Gasteiger partial charge < -0.3 is 14.1 Å². The number of anilines is 1. The van der Waals surface area contributed by atoms with Gasteiger partial charge in [0, 0.05) is 18.7 Å². The van der Waals surface area contributed by atoms with E-state index in [0.29, 0.717) is 0 Å². The normalized spacial score (nSPS) is 14.0. The Bertz CT molecular complexity index is 1960. The molecule has 5 heteroatoms. The van der Waals surface area contributed by atoms with Crippen LogP contribution in [-0.2, 0) is 6.54 Å². The molecule has 0 N–H and O–H groups in total. The Kier molecular flexibility index (Phi) is 9.91. The average Bonchev–Trinajstić information content (AvgIpc) is 3.66. The third kappa shape index (κ3) is 6.58. The first-order chi connectivity index (χ1) is 23.8. The van der Waals surface area contributed by atoms with E-state index in [9.17, 15) is 0 Å². The van der Waals surface area contributed by atoms with Gasteiger partial charge in [0.05, 0.1) is 17.9 Å². The van der Waals surface area contributed by atoms with E-state index in [4.69, 9.17) is 9.15 Å². The Balaban J connectivity index is 0.000000171. The molecular weight excluding hydrogens is 599 g/mol. The van der Waals surface area contributed by atoms with E-state index >= 15 is 0 Å². The van der Waals surface area contributed by atoms with Crippen LogP contribution < -0.4 is 30.6 Å². The molecule has 1 aliphatic heterocycles. The van der Waals surface area contributed by atoms with Crippen LogP contribution in [0, 0.1) is 0 Å². The fourth-order valence-electron chi connectivity index (χ4n) is 7.71. The second kappa shape index (κ2) is 14.5. The minimum absolute atomic E-state index is 0.0874. The van der Waals surface area contributed by atoms with Gasteiger partial charge in [-0.3, -0.25) is 0 Å². The van der Waals surface area contributed by atoms with Gasteiger partial charge in [-0.05, 0) is 44.5 Å². The molecule has 248 valence electrons. The van der Waals surface area contributed by atoms with E-state index in [1.54, 1.807) is 0 Å². The SMILES string of the molecule is CC(C)(C)[B-](c1ccccc1)(c1ccccc1)c1ccccc1.CCN1/C(=C/C(C)=C/c2oc3ccccc3[n+]2CC)Oc2ccccc21. The second-order valence-electron chi connectivity index (χ2n) is 13.8. The van der Waals surface area contributed by atoms with Crippen LogP contribution in [0.1, 0.15) is 47.4 Å². The maximum absolute atomic E-state index is 6.04. The standard InChI is InChI=1S/C22H24B.C22H23N2O2/c1-22(2,3)23(19-13-7-4-8-14-19,20-15-9-5-10-16-20)21-17-11-6-12-18-21;1-4-23-17-10-6-8-12-19(17)25-21(23)14-16(3)15-22-24(5-2)18-11-7-9-13-20(18)26-22/h4-18H,1-3H3;6-15H,4-5H2,1-3H3/q-1;+1. The summed E-state index contributed by atoms with van der Waals surface area (Å²) in [6.45, 7) is 15.1. The molecule has 0 saturated carbocycles. The third-order valence-corrected chi connectivity index (χ3v) is 9.81. The highest BCUT2D eigenvalue weighted by atomic mass is 16.5. The van der Waals surface area contributed by atoms with Crippen molar-refractivity contribution in [1.29, 1.82) is 0 Å². The zero-order valence-electron chi connectivity index (χ0n) is 29.6. The van der Waals surface area contributed by atoms with E-state index in [-0.39, 0.29) is 5.31 Å². The summed E-state index contributed by atoms with van der Waals surface area (Å²) in [7, 11) is 0. The molecule has 2 heterocycles. The number of para-hydroxylation sites is 4. The number of ether oxygens (including phenoxy) is 1. The molecule has 0 aliphatic carbocycles. The van der Waals surface area contributed by atoms with Gasteiger partial charge >= 0.3 is 5.89 Å². The Morgan fingerprint density at radius 1 is 0.694 bits per heavy atom. The summed E-state index contributed by atoms with van der Waals surface area (Å²) in [6.07, 6.45) is 3.07.